The first kappa shape index (κ1) is 17.9. The van der Waals surface area contributed by atoms with Gasteiger partial charge < -0.3 is 9.47 Å². The van der Waals surface area contributed by atoms with Crippen molar-refractivity contribution in [1.29, 1.82) is 0 Å². The SMILES string of the molecule is O=C(C(c1ccccc1)n1cnc2[nH]ncc2c1=S)N1CCCCCCC1. The first-order valence-electron chi connectivity index (χ1n) is 9.49. The Bertz CT molecular complexity index is 973. The van der Waals surface area contributed by atoms with Gasteiger partial charge in [0.2, 0.25) is 5.91 Å². The molecule has 0 aliphatic carbocycles. The number of nitrogens with one attached hydrogen (secondary N) is 1. The van der Waals surface area contributed by atoms with Gasteiger partial charge in [-0.25, -0.2) is 4.98 Å². The van der Waals surface area contributed by atoms with Crippen molar-refractivity contribution < 1.29 is 4.79 Å². The van der Waals surface area contributed by atoms with E-state index >= 15 is 0 Å². The molecule has 1 aromatic carbocycles. The highest BCUT2D eigenvalue weighted by Crippen LogP contribution is 2.25. The van der Waals surface area contributed by atoms with Crippen molar-refractivity contribution in [1.82, 2.24) is 24.6 Å². The number of hydrogen-bond donors (Lipinski definition) is 1. The minimum atomic E-state index is -0.509. The highest BCUT2D eigenvalue weighted by atomic mass is 32.1. The van der Waals surface area contributed by atoms with E-state index in [1.807, 2.05) is 39.8 Å². The van der Waals surface area contributed by atoms with E-state index in [9.17, 15) is 4.79 Å². The van der Waals surface area contributed by atoms with E-state index in [1.165, 1.54) is 19.3 Å². The molecule has 3 aromatic rings. The lowest BCUT2D eigenvalue weighted by atomic mass is 10.0. The van der Waals surface area contributed by atoms with Crippen molar-refractivity contribution in [2.45, 2.75) is 38.1 Å². The monoisotopic (exact) mass is 381 g/mol. The Morgan fingerprint density at radius 3 is 2.52 bits per heavy atom. The predicted molar refractivity (Wildman–Crippen MR) is 107 cm³/mol. The molecule has 1 aliphatic heterocycles. The normalized spacial score (nSPS) is 16.7. The summed E-state index contributed by atoms with van der Waals surface area (Å²) in [6.07, 6.45) is 9.06. The zero-order valence-electron chi connectivity index (χ0n) is 15.2. The topological polar surface area (TPSA) is 66.8 Å². The van der Waals surface area contributed by atoms with Crippen LogP contribution in [-0.2, 0) is 4.79 Å². The third kappa shape index (κ3) is 3.64. The fraction of sp³-hybridized carbons (Fsp3) is 0.400. The average molecular weight is 382 g/mol. The summed E-state index contributed by atoms with van der Waals surface area (Å²) in [5.41, 5.74) is 1.56. The number of hydrogen-bond acceptors (Lipinski definition) is 4. The van der Waals surface area contributed by atoms with E-state index < -0.39 is 6.04 Å². The zero-order valence-corrected chi connectivity index (χ0v) is 16.0. The van der Waals surface area contributed by atoms with Gasteiger partial charge in [-0.2, -0.15) is 5.10 Å². The van der Waals surface area contributed by atoms with Crippen molar-refractivity contribution in [2.24, 2.45) is 0 Å². The molecule has 1 amide bonds. The van der Waals surface area contributed by atoms with Crippen molar-refractivity contribution in [3.63, 3.8) is 0 Å². The van der Waals surface area contributed by atoms with E-state index in [-0.39, 0.29) is 5.91 Å². The van der Waals surface area contributed by atoms with E-state index in [1.54, 1.807) is 12.5 Å². The Labute approximate surface area is 163 Å². The van der Waals surface area contributed by atoms with Crippen LogP contribution in [0.5, 0.6) is 0 Å². The van der Waals surface area contributed by atoms with Crippen molar-refractivity contribution in [3.8, 4) is 0 Å². The van der Waals surface area contributed by atoms with Crippen LogP contribution in [0.2, 0.25) is 0 Å². The van der Waals surface area contributed by atoms with Gasteiger partial charge in [0.1, 0.15) is 10.7 Å². The summed E-state index contributed by atoms with van der Waals surface area (Å²) in [5.74, 6) is 0.0869. The molecule has 1 fully saturated rings. The zero-order chi connectivity index (χ0) is 18.6. The molecule has 27 heavy (non-hydrogen) atoms. The highest BCUT2D eigenvalue weighted by molar-refractivity contribution is 7.71. The number of carbonyl (C=O) groups is 1. The Morgan fingerprint density at radius 1 is 1.07 bits per heavy atom. The second-order valence-electron chi connectivity index (χ2n) is 7.00. The highest BCUT2D eigenvalue weighted by Gasteiger charge is 2.28. The fourth-order valence-corrected chi connectivity index (χ4v) is 4.03. The summed E-state index contributed by atoms with van der Waals surface area (Å²) in [5, 5.41) is 7.63. The minimum Gasteiger partial charge on any atom is -0.341 e. The van der Waals surface area contributed by atoms with Gasteiger partial charge in [0.15, 0.2) is 5.65 Å². The summed E-state index contributed by atoms with van der Waals surface area (Å²) >= 11 is 5.68. The van der Waals surface area contributed by atoms with E-state index in [4.69, 9.17) is 12.2 Å². The van der Waals surface area contributed by atoms with Crippen LogP contribution in [0.3, 0.4) is 0 Å². The van der Waals surface area contributed by atoms with E-state index in [0.29, 0.717) is 10.3 Å². The van der Waals surface area contributed by atoms with Gasteiger partial charge >= 0.3 is 0 Å². The van der Waals surface area contributed by atoms with Gasteiger partial charge in [-0.15, -0.1) is 0 Å². The van der Waals surface area contributed by atoms with Crippen molar-refractivity contribution >= 4 is 29.2 Å². The number of rotatable bonds is 3. The molecule has 140 valence electrons. The summed E-state index contributed by atoms with van der Waals surface area (Å²) in [6, 6.07) is 9.32. The molecule has 0 bridgehead atoms. The van der Waals surface area contributed by atoms with Gasteiger partial charge in [0.25, 0.3) is 0 Å². The lowest BCUT2D eigenvalue weighted by Gasteiger charge is -2.30. The lowest BCUT2D eigenvalue weighted by molar-refractivity contribution is -0.134. The van der Waals surface area contributed by atoms with Crippen LogP contribution < -0.4 is 0 Å². The van der Waals surface area contributed by atoms with Crippen molar-refractivity contribution in [2.75, 3.05) is 13.1 Å². The lowest BCUT2D eigenvalue weighted by Crippen LogP contribution is -2.40. The van der Waals surface area contributed by atoms with Gasteiger partial charge in [-0.1, -0.05) is 61.8 Å². The summed E-state index contributed by atoms with van der Waals surface area (Å²) in [7, 11) is 0. The Kier molecular flexibility index (Phi) is 5.29. The Morgan fingerprint density at radius 2 is 1.78 bits per heavy atom. The summed E-state index contributed by atoms with van der Waals surface area (Å²) in [6.45, 7) is 1.60. The Balaban J connectivity index is 1.78. The summed E-state index contributed by atoms with van der Waals surface area (Å²) in [4.78, 5) is 20.0. The molecular weight excluding hydrogens is 358 g/mol. The van der Waals surface area contributed by atoms with Crippen LogP contribution in [0.25, 0.3) is 11.0 Å². The standard InChI is InChI=1S/C20H23N5OS/c26-19(24-11-7-2-1-3-8-12-24)17(15-9-5-4-6-10-15)25-14-21-18-16(20(25)27)13-22-23-18/h4-6,9-10,13-14,17H,1-3,7-8,11-12H2,(H,22,23). The number of fused-ring (bicyclic) bond motifs is 1. The maximum atomic E-state index is 13.6. The molecule has 0 saturated carbocycles. The molecule has 2 aromatic heterocycles. The number of benzene rings is 1. The molecule has 1 saturated heterocycles. The predicted octanol–water partition coefficient (Wildman–Crippen LogP) is 3.87. The van der Waals surface area contributed by atoms with Crippen LogP contribution in [0.4, 0.5) is 0 Å². The van der Waals surface area contributed by atoms with Gasteiger partial charge in [0.05, 0.1) is 17.9 Å². The number of amides is 1. The molecule has 1 aliphatic rings. The largest absolute Gasteiger partial charge is 0.341 e. The maximum absolute atomic E-state index is 13.6. The van der Waals surface area contributed by atoms with Crippen LogP contribution in [-0.4, -0.2) is 43.6 Å². The molecule has 1 atom stereocenters. The number of aromatic nitrogens is 4. The number of H-pyrrole nitrogens is 1. The van der Waals surface area contributed by atoms with Gasteiger partial charge in [-0.3, -0.25) is 9.89 Å². The molecule has 1 unspecified atom stereocenters. The van der Waals surface area contributed by atoms with E-state index in [2.05, 4.69) is 15.2 Å². The fourth-order valence-electron chi connectivity index (χ4n) is 3.73. The third-order valence-corrected chi connectivity index (χ3v) is 5.62. The third-order valence-electron chi connectivity index (χ3n) is 5.19. The first-order valence-corrected chi connectivity index (χ1v) is 9.90. The molecule has 6 nitrogen and oxygen atoms in total. The van der Waals surface area contributed by atoms with Crippen LogP contribution in [0.1, 0.15) is 43.7 Å². The average Bonchev–Trinajstić information content (AvgIpc) is 3.14. The number of aromatic amines is 1. The second kappa shape index (κ2) is 8.00. The van der Waals surface area contributed by atoms with Crippen LogP contribution >= 0.6 is 12.2 Å². The molecule has 4 rings (SSSR count). The van der Waals surface area contributed by atoms with Crippen LogP contribution in [0.15, 0.2) is 42.9 Å². The second-order valence-corrected chi connectivity index (χ2v) is 7.38. The molecular formula is C20H23N5OS. The number of nitrogens with zero attached hydrogens (tertiary/aromatic N) is 4. The first-order chi connectivity index (χ1) is 13.3. The van der Waals surface area contributed by atoms with Crippen LogP contribution in [0, 0.1) is 4.64 Å². The maximum Gasteiger partial charge on any atom is 0.250 e. The molecule has 0 spiro atoms. The summed E-state index contributed by atoms with van der Waals surface area (Å²) < 4.78 is 2.38. The molecule has 3 heterocycles. The smallest absolute Gasteiger partial charge is 0.250 e. The van der Waals surface area contributed by atoms with Crippen molar-refractivity contribution in [3.05, 3.63) is 53.1 Å². The van der Waals surface area contributed by atoms with Gasteiger partial charge in [-0.05, 0) is 18.4 Å². The van der Waals surface area contributed by atoms with E-state index in [0.717, 1.165) is 36.9 Å². The molecule has 7 heteroatoms. The quantitative estimate of drug-likeness (QED) is 0.700. The molecule has 1 N–H and O–H groups in total. The molecule has 0 radical (unpaired) electrons. The number of carbonyl (C=O) groups excluding carboxylic acids is 1. The minimum absolute atomic E-state index is 0.0869. The number of likely N-dealkylation sites (tertiary alicyclic amines) is 1. The van der Waals surface area contributed by atoms with Gasteiger partial charge in [0, 0.05) is 13.1 Å². The Hall–Kier alpha value is -2.54.